The molecule has 6 nitrogen and oxygen atoms in total. The number of aliphatic hydroxyl groups is 1. The van der Waals surface area contributed by atoms with E-state index in [1.807, 2.05) is 13.8 Å². The molecule has 27 heavy (non-hydrogen) atoms. The number of rotatable bonds is 9. The molecule has 1 heterocycles. The molecule has 0 saturated carbocycles. The monoisotopic (exact) mass is 376 g/mol. The van der Waals surface area contributed by atoms with Crippen LogP contribution in [-0.4, -0.2) is 45.8 Å². The van der Waals surface area contributed by atoms with Crippen LogP contribution in [0.2, 0.25) is 0 Å². The molecule has 0 spiro atoms. The van der Waals surface area contributed by atoms with E-state index in [1.54, 1.807) is 12.1 Å². The fourth-order valence-corrected chi connectivity index (χ4v) is 2.77. The number of halogens is 1. The molecular weight excluding hydrogens is 351 g/mol. The summed E-state index contributed by atoms with van der Waals surface area (Å²) in [5.74, 6) is -0.983. The second-order valence-electron chi connectivity index (χ2n) is 6.65. The Morgan fingerprint density at radius 2 is 2.04 bits per heavy atom. The number of hydrogen-bond acceptors (Lipinski definition) is 5. The first-order valence-corrected chi connectivity index (χ1v) is 8.75. The average molecular weight is 376 g/mol. The van der Waals surface area contributed by atoms with Gasteiger partial charge in [0.25, 0.3) is 0 Å². The fraction of sp³-hybridized carbons (Fsp3) is 0.400. The molecule has 2 rings (SSSR count). The summed E-state index contributed by atoms with van der Waals surface area (Å²) >= 11 is 0. The highest BCUT2D eigenvalue weighted by Gasteiger charge is 2.16. The highest BCUT2D eigenvalue weighted by atomic mass is 19.1. The van der Waals surface area contributed by atoms with Crippen LogP contribution in [-0.2, 0) is 6.54 Å². The van der Waals surface area contributed by atoms with Gasteiger partial charge in [-0.25, -0.2) is 14.2 Å². The Hall–Kier alpha value is -2.51. The number of aliphatic hydroxyl groups excluding tert-OH is 1. The van der Waals surface area contributed by atoms with Gasteiger partial charge in [-0.05, 0) is 49.6 Å². The maximum Gasteiger partial charge on any atom is 0.354 e. The number of aromatic nitrogens is 1. The van der Waals surface area contributed by atoms with Gasteiger partial charge >= 0.3 is 5.97 Å². The van der Waals surface area contributed by atoms with Crippen molar-refractivity contribution < 1.29 is 24.1 Å². The maximum atomic E-state index is 13.7. The molecule has 146 valence electrons. The summed E-state index contributed by atoms with van der Waals surface area (Å²) in [5, 5.41) is 19.3. The van der Waals surface area contributed by atoms with E-state index in [4.69, 9.17) is 9.84 Å². The largest absolute Gasteiger partial charge is 0.497 e. The second kappa shape index (κ2) is 9.43. The molecule has 1 atom stereocenters. The zero-order valence-corrected chi connectivity index (χ0v) is 15.7. The molecule has 0 amide bonds. The molecule has 7 heteroatoms. The first-order chi connectivity index (χ1) is 12.8. The first kappa shape index (κ1) is 20.8. The van der Waals surface area contributed by atoms with E-state index in [0.717, 1.165) is 5.56 Å². The van der Waals surface area contributed by atoms with Crippen LogP contribution in [0.15, 0.2) is 36.5 Å². The van der Waals surface area contributed by atoms with E-state index in [0.29, 0.717) is 30.8 Å². The number of nitrogens with zero attached hydrogens (tertiary/aromatic N) is 2. The van der Waals surface area contributed by atoms with Gasteiger partial charge in [0, 0.05) is 31.4 Å². The van der Waals surface area contributed by atoms with Crippen molar-refractivity contribution in [1.29, 1.82) is 0 Å². The number of pyridine rings is 1. The lowest BCUT2D eigenvalue weighted by atomic mass is 10.1. The summed E-state index contributed by atoms with van der Waals surface area (Å²) in [5.41, 5.74) is 1.30. The molecule has 0 fully saturated rings. The summed E-state index contributed by atoms with van der Waals surface area (Å²) < 4.78 is 18.8. The summed E-state index contributed by atoms with van der Waals surface area (Å²) in [6.45, 7) is 5.17. The van der Waals surface area contributed by atoms with Gasteiger partial charge in [-0.2, -0.15) is 0 Å². The quantitative estimate of drug-likeness (QED) is 0.699. The molecule has 0 saturated heterocycles. The van der Waals surface area contributed by atoms with Crippen LogP contribution < -0.4 is 4.74 Å². The van der Waals surface area contributed by atoms with Crippen LogP contribution in [0, 0.1) is 5.82 Å². The van der Waals surface area contributed by atoms with Crippen molar-refractivity contribution in [3.8, 4) is 5.75 Å². The lowest BCUT2D eigenvalue weighted by Gasteiger charge is -2.27. The summed E-state index contributed by atoms with van der Waals surface area (Å²) in [7, 11) is 1.50. The Labute approximate surface area is 158 Å². The molecule has 0 aliphatic rings. The second-order valence-corrected chi connectivity index (χ2v) is 6.65. The molecule has 0 aliphatic heterocycles. The van der Waals surface area contributed by atoms with Crippen LogP contribution >= 0.6 is 0 Å². The van der Waals surface area contributed by atoms with Crippen LogP contribution in [0.1, 0.15) is 48.0 Å². The van der Waals surface area contributed by atoms with E-state index in [9.17, 15) is 14.3 Å². The molecule has 1 aromatic carbocycles. The number of methoxy groups -OCH3 is 1. The van der Waals surface area contributed by atoms with Crippen molar-refractivity contribution in [2.45, 2.75) is 39.0 Å². The standard InChI is InChI=1S/C20H25FN2O4/c1-13(2)23(12-14-8-16(21)10-17(9-14)27-3)7-6-19(24)15-4-5-18(20(25)26)22-11-15/h4-5,8-11,13,19,24H,6-7,12H2,1-3H3,(H,25,26). The van der Waals surface area contributed by atoms with Crippen molar-refractivity contribution in [2.24, 2.45) is 0 Å². The van der Waals surface area contributed by atoms with Crippen molar-refractivity contribution in [3.63, 3.8) is 0 Å². The third-order valence-electron chi connectivity index (χ3n) is 4.36. The predicted octanol–water partition coefficient (Wildman–Crippen LogP) is 3.26. The Morgan fingerprint density at radius 3 is 2.59 bits per heavy atom. The maximum absolute atomic E-state index is 13.7. The van der Waals surface area contributed by atoms with Gasteiger partial charge in [-0.1, -0.05) is 6.07 Å². The van der Waals surface area contributed by atoms with Crippen molar-refractivity contribution in [1.82, 2.24) is 9.88 Å². The van der Waals surface area contributed by atoms with E-state index in [1.165, 1.54) is 31.5 Å². The minimum absolute atomic E-state index is 0.0604. The Balaban J connectivity index is 2.01. The minimum atomic E-state index is -1.10. The number of carboxylic acids is 1. The molecule has 2 aromatic rings. The van der Waals surface area contributed by atoms with Crippen molar-refractivity contribution in [3.05, 3.63) is 59.2 Å². The van der Waals surface area contributed by atoms with Crippen LogP contribution in [0.4, 0.5) is 4.39 Å². The van der Waals surface area contributed by atoms with E-state index < -0.39 is 12.1 Å². The topological polar surface area (TPSA) is 82.9 Å². The van der Waals surface area contributed by atoms with Gasteiger partial charge in [0.05, 0.1) is 13.2 Å². The lowest BCUT2D eigenvalue weighted by Crippen LogP contribution is -2.32. The van der Waals surface area contributed by atoms with Gasteiger partial charge in [0.15, 0.2) is 0 Å². The Bertz CT molecular complexity index is 765. The van der Waals surface area contributed by atoms with Gasteiger partial charge < -0.3 is 14.9 Å². The molecule has 2 N–H and O–H groups in total. The number of aromatic carboxylic acids is 1. The Morgan fingerprint density at radius 1 is 1.30 bits per heavy atom. The SMILES string of the molecule is COc1cc(F)cc(CN(CCC(O)c2ccc(C(=O)O)nc2)C(C)C)c1. The van der Waals surface area contributed by atoms with E-state index >= 15 is 0 Å². The minimum Gasteiger partial charge on any atom is -0.497 e. The normalized spacial score (nSPS) is 12.4. The molecule has 0 radical (unpaired) electrons. The number of hydrogen-bond donors (Lipinski definition) is 2. The van der Waals surface area contributed by atoms with E-state index in [2.05, 4.69) is 9.88 Å². The number of ether oxygens (including phenoxy) is 1. The third kappa shape index (κ3) is 6.01. The fourth-order valence-electron chi connectivity index (χ4n) is 2.77. The van der Waals surface area contributed by atoms with Crippen molar-refractivity contribution in [2.75, 3.05) is 13.7 Å². The molecular formula is C20H25FN2O4. The number of carboxylic acid groups (broad SMARTS) is 1. The van der Waals surface area contributed by atoms with Gasteiger partial charge in [0.2, 0.25) is 0 Å². The van der Waals surface area contributed by atoms with Crippen molar-refractivity contribution >= 4 is 5.97 Å². The van der Waals surface area contributed by atoms with Gasteiger partial charge in [-0.3, -0.25) is 4.90 Å². The zero-order chi connectivity index (χ0) is 20.0. The third-order valence-corrected chi connectivity index (χ3v) is 4.36. The molecule has 1 unspecified atom stereocenters. The van der Waals surface area contributed by atoms with Crippen LogP contribution in [0.25, 0.3) is 0 Å². The first-order valence-electron chi connectivity index (χ1n) is 8.75. The number of carbonyl (C=O) groups is 1. The smallest absolute Gasteiger partial charge is 0.354 e. The molecule has 1 aromatic heterocycles. The highest BCUT2D eigenvalue weighted by molar-refractivity contribution is 5.85. The highest BCUT2D eigenvalue weighted by Crippen LogP contribution is 2.21. The summed E-state index contributed by atoms with van der Waals surface area (Å²) in [6, 6.07) is 7.74. The van der Waals surface area contributed by atoms with Crippen LogP contribution in [0.3, 0.4) is 0 Å². The van der Waals surface area contributed by atoms with Gasteiger partial charge in [-0.15, -0.1) is 0 Å². The summed E-state index contributed by atoms with van der Waals surface area (Å²) in [4.78, 5) is 16.8. The zero-order valence-electron chi connectivity index (χ0n) is 15.7. The molecule has 0 bridgehead atoms. The average Bonchev–Trinajstić information content (AvgIpc) is 2.64. The predicted molar refractivity (Wildman–Crippen MR) is 99.3 cm³/mol. The Kier molecular flexibility index (Phi) is 7.27. The summed E-state index contributed by atoms with van der Waals surface area (Å²) in [6.07, 6.45) is 1.06. The van der Waals surface area contributed by atoms with Crippen LogP contribution in [0.5, 0.6) is 5.75 Å². The molecule has 0 aliphatic carbocycles. The van der Waals surface area contributed by atoms with Gasteiger partial charge in [0.1, 0.15) is 17.3 Å². The van der Waals surface area contributed by atoms with E-state index in [-0.39, 0.29) is 17.6 Å². The lowest BCUT2D eigenvalue weighted by molar-refractivity contribution is 0.0690. The number of benzene rings is 1.